The van der Waals surface area contributed by atoms with Gasteiger partial charge < -0.3 is 0 Å². The third kappa shape index (κ3) is 4.33. The van der Waals surface area contributed by atoms with E-state index < -0.39 is 6.03 Å². The summed E-state index contributed by atoms with van der Waals surface area (Å²) in [5, 5.41) is 10.4. The van der Waals surface area contributed by atoms with E-state index in [0.717, 1.165) is 22.3 Å². The van der Waals surface area contributed by atoms with E-state index in [9.17, 15) is 9.18 Å². The van der Waals surface area contributed by atoms with E-state index in [0.29, 0.717) is 22.2 Å². The number of carbonyl (C=O) groups is 1. The predicted molar refractivity (Wildman–Crippen MR) is 121 cm³/mol. The van der Waals surface area contributed by atoms with Gasteiger partial charge in [-0.1, -0.05) is 26.0 Å². The number of carbonyl (C=O) groups excluding carboxylic acids is 1. The Balaban J connectivity index is 1.46. The van der Waals surface area contributed by atoms with E-state index in [2.05, 4.69) is 45.1 Å². The predicted octanol–water partition coefficient (Wildman–Crippen LogP) is 4.81. The number of benzene rings is 1. The van der Waals surface area contributed by atoms with Crippen LogP contribution in [0.25, 0.3) is 21.6 Å². The molecule has 3 N–H and O–H groups in total. The van der Waals surface area contributed by atoms with Gasteiger partial charge in [-0.3, -0.25) is 15.4 Å². The summed E-state index contributed by atoms with van der Waals surface area (Å²) < 4.78 is 15.1. The molecule has 160 valence electrons. The molecule has 3 aromatic heterocycles. The molecule has 1 aromatic carbocycles. The lowest BCUT2D eigenvalue weighted by Gasteiger charge is -2.13. The number of anilines is 2. The number of nitrogens with zero attached hydrogens (tertiary/aromatic N) is 4. The average molecular weight is 440 g/mol. The Labute approximate surface area is 182 Å². The number of hydrogen-bond acceptors (Lipinski definition) is 6. The summed E-state index contributed by atoms with van der Waals surface area (Å²) in [6.07, 6.45) is 0. The monoisotopic (exact) mass is 439 g/mol. The number of thiazole rings is 1. The molecule has 4 rings (SSSR count). The molecule has 0 bridgehead atoms. The minimum Gasteiger partial charge on any atom is -0.290 e. The number of nitrogens with one attached hydrogen (secondary N) is 3. The van der Waals surface area contributed by atoms with Crippen molar-refractivity contribution in [2.24, 2.45) is 7.05 Å². The third-order valence-corrected chi connectivity index (χ3v) is 5.63. The van der Waals surface area contributed by atoms with Gasteiger partial charge in [0.1, 0.15) is 22.5 Å². The first-order valence-electron chi connectivity index (χ1n) is 9.70. The molecule has 0 atom stereocenters. The zero-order valence-corrected chi connectivity index (χ0v) is 18.3. The summed E-state index contributed by atoms with van der Waals surface area (Å²) in [4.78, 5) is 21.2. The van der Waals surface area contributed by atoms with Gasteiger partial charge in [-0.05, 0) is 36.6 Å². The van der Waals surface area contributed by atoms with Crippen LogP contribution in [0, 0.1) is 12.7 Å². The third-order valence-electron chi connectivity index (χ3n) is 4.74. The van der Waals surface area contributed by atoms with Crippen molar-refractivity contribution in [3.8, 4) is 10.6 Å². The van der Waals surface area contributed by atoms with E-state index in [4.69, 9.17) is 0 Å². The van der Waals surface area contributed by atoms with Crippen LogP contribution in [0.2, 0.25) is 0 Å². The molecule has 3 heterocycles. The highest BCUT2D eigenvalue weighted by Crippen LogP contribution is 2.29. The first-order valence-corrected chi connectivity index (χ1v) is 10.6. The van der Waals surface area contributed by atoms with Crippen LogP contribution >= 0.6 is 11.3 Å². The van der Waals surface area contributed by atoms with E-state index in [-0.39, 0.29) is 11.7 Å². The van der Waals surface area contributed by atoms with Crippen molar-refractivity contribution in [1.82, 2.24) is 25.2 Å². The van der Waals surface area contributed by atoms with Gasteiger partial charge in [-0.2, -0.15) is 5.10 Å². The molecule has 0 aliphatic heterocycles. The van der Waals surface area contributed by atoms with Crippen molar-refractivity contribution in [2.45, 2.75) is 26.7 Å². The van der Waals surface area contributed by atoms with Crippen molar-refractivity contribution in [2.75, 3.05) is 10.7 Å². The SMILES string of the molecule is Cc1nn(C)c2nc(NNC(=O)Nc3csc(-c4cccc(F)c4)n3)cc(C(C)C)c12. The van der Waals surface area contributed by atoms with Crippen LogP contribution in [0.4, 0.5) is 20.8 Å². The van der Waals surface area contributed by atoms with Crippen molar-refractivity contribution >= 4 is 40.0 Å². The summed E-state index contributed by atoms with van der Waals surface area (Å²) in [5.41, 5.74) is 8.84. The van der Waals surface area contributed by atoms with Gasteiger partial charge in [0.05, 0.1) is 5.69 Å². The largest absolute Gasteiger partial charge is 0.339 e. The van der Waals surface area contributed by atoms with E-state index in [1.54, 1.807) is 22.2 Å². The molecule has 0 spiro atoms. The topological polar surface area (TPSA) is 96.8 Å². The molecular formula is C21H22FN7OS. The van der Waals surface area contributed by atoms with Gasteiger partial charge in [0.2, 0.25) is 0 Å². The molecule has 31 heavy (non-hydrogen) atoms. The van der Waals surface area contributed by atoms with Crippen molar-refractivity contribution < 1.29 is 9.18 Å². The lowest BCUT2D eigenvalue weighted by molar-refractivity contribution is 0.253. The lowest BCUT2D eigenvalue weighted by atomic mass is 10.00. The van der Waals surface area contributed by atoms with Crippen LogP contribution < -0.4 is 16.2 Å². The zero-order valence-electron chi connectivity index (χ0n) is 17.5. The van der Waals surface area contributed by atoms with Crippen LogP contribution in [0.15, 0.2) is 35.7 Å². The summed E-state index contributed by atoms with van der Waals surface area (Å²) >= 11 is 1.32. The molecule has 0 saturated carbocycles. The number of halogens is 1. The quantitative estimate of drug-likeness (QED) is 0.388. The number of fused-ring (bicyclic) bond motifs is 1. The Morgan fingerprint density at radius 2 is 2.00 bits per heavy atom. The molecule has 2 amide bonds. The number of aryl methyl sites for hydroxylation is 2. The number of rotatable bonds is 5. The standard InChI is InChI=1S/C21H22FN7OS/c1-11(2)15-9-16(23-19-18(15)12(3)28-29(19)4)26-27-21(30)25-17-10-31-20(24-17)13-6-5-7-14(22)8-13/h5-11H,1-4H3,(H,23,26)(H2,25,27,30). The maximum atomic E-state index is 13.4. The van der Waals surface area contributed by atoms with Gasteiger partial charge in [0, 0.05) is 23.4 Å². The van der Waals surface area contributed by atoms with Gasteiger partial charge in [-0.25, -0.2) is 24.6 Å². The first kappa shape index (κ1) is 20.7. The van der Waals surface area contributed by atoms with E-state index >= 15 is 0 Å². The molecule has 4 aromatic rings. The van der Waals surface area contributed by atoms with Crippen molar-refractivity contribution in [3.05, 3.63) is 52.8 Å². The lowest BCUT2D eigenvalue weighted by Crippen LogP contribution is -2.34. The molecule has 0 radical (unpaired) electrons. The average Bonchev–Trinajstić information content (AvgIpc) is 3.30. The normalized spacial score (nSPS) is 11.2. The Kier molecular flexibility index (Phi) is 5.55. The van der Waals surface area contributed by atoms with Crippen molar-refractivity contribution in [3.63, 3.8) is 0 Å². The van der Waals surface area contributed by atoms with Crippen LogP contribution in [0.5, 0.6) is 0 Å². The summed E-state index contributed by atoms with van der Waals surface area (Å²) in [6, 6.07) is 7.57. The zero-order chi connectivity index (χ0) is 22.1. The molecule has 0 aliphatic carbocycles. The van der Waals surface area contributed by atoms with Gasteiger partial charge in [0.25, 0.3) is 0 Å². The number of aromatic nitrogens is 4. The Morgan fingerprint density at radius 3 is 2.74 bits per heavy atom. The minimum atomic E-state index is -0.495. The molecular weight excluding hydrogens is 417 g/mol. The Bertz CT molecular complexity index is 1260. The number of hydrogen-bond donors (Lipinski definition) is 3. The van der Waals surface area contributed by atoms with Gasteiger partial charge >= 0.3 is 6.03 Å². The second-order valence-electron chi connectivity index (χ2n) is 7.41. The Hall–Kier alpha value is -3.53. The van der Waals surface area contributed by atoms with Crippen LogP contribution in [0.1, 0.15) is 31.0 Å². The minimum absolute atomic E-state index is 0.263. The number of hydrazine groups is 1. The fourth-order valence-electron chi connectivity index (χ4n) is 3.35. The highest BCUT2D eigenvalue weighted by molar-refractivity contribution is 7.13. The second-order valence-corrected chi connectivity index (χ2v) is 8.27. The van der Waals surface area contributed by atoms with E-state index in [1.807, 2.05) is 20.0 Å². The Morgan fingerprint density at radius 1 is 1.19 bits per heavy atom. The van der Waals surface area contributed by atoms with Crippen molar-refractivity contribution in [1.29, 1.82) is 0 Å². The van der Waals surface area contributed by atoms with Crippen LogP contribution in [-0.2, 0) is 7.05 Å². The molecule has 0 saturated heterocycles. The molecule has 10 heteroatoms. The highest BCUT2D eigenvalue weighted by Gasteiger charge is 2.16. The first-order chi connectivity index (χ1) is 14.8. The molecule has 0 aliphatic rings. The fourth-order valence-corrected chi connectivity index (χ4v) is 4.10. The fraction of sp³-hybridized carbons (Fsp3) is 0.238. The van der Waals surface area contributed by atoms with Crippen LogP contribution in [-0.4, -0.2) is 25.8 Å². The smallest absolute Gasteiger partial charge is 0.290 e. The highest BCUT2D eigenvalue weighted by atomic mass is 32.1. The van der Waals surface area contributed by atoms with Gasteiger partial charge in [-0.15, -0.1) is 11.3 Å². The molecule has 0 fully saturated rings. The number of pyridine rings is 1. The summed E-state index contributed by atoms with van der Waals surface area (Å²) in [6.45, 7) is 6.16. The number of urea groups is 1. The van der Waals surface area contributed by atoms with E-state index in [1.165, 1.54) is 23.5 Å². The maximum Gasteiger partial charge on any atom is 0.339 e. The summed E-state index contributed by atoms with van der Waals surface area (Å²) in [7, 11) is 1.84. The maximum absolute atomic E-state index is 13.4. The summed E-state index contributed by atoms with van der Waals surface area (Å²) in [5.74, 6) is 0.808. The number of amides is 2. The van der Waals surface area contributed by atoms with Crippen LogP contribution in [0.3, 0.4) is 0 Å². The molecule has 8 nitrogen and oxygen atoms in total. The second kappa shape index (κ2) is 8.31. The van der Waals surface area contributed by atoms with Gasteiger partial charge in [0.15, 0.2) is 5.65 Å². The molecule has 0 unspecified atom stereocenters.